The first kappa shape index (κ1) is 12.4. The van der Waals surface area contributed by atoms with Gasteiger partial charge in [0.1, 0.15) is 5.75 Å². The van der Waals surface area contributed by atoms with Crippen molar-refractivity contribution in [1.29, 1.82) is 0 Å². The Hall–Kier alpha value is -1.07. The SMILES string of the molecule is O=C(NCC1CCNC1)c1ccc(Br)cc1O. The Bertz CT molecular complexity index is 417. The van der Waals surface area contributed by atoms with Gasteiger partial charge in [0.05, 0.1) is 5.56 Å². The van der Waals surface area contributed by atoms with Crippen molar-refractivity contribution in [3.05, 3.63) is 28.2 Å². The van der Waals surface area contributed by atoms with Gasteiger partial charge in [0.25, 0.3) is 5.91 Å². The van der Waals surface area contributed by atoms with Crippen molar-refractivity contribution >= 4 is 21.8 Å². The van der Waals surface area contributed by atoms with Crippen LogP contribution in [0.3, 0.4) is 0 Å². The molecule has 4 nitrogen and oxygen atoms in total. The van der Waals surface area contributed by atoms with Crippen molar-refractivity contribution in [2.75, 3.05) is 19.6 Å². The molecule has 1 unspecified atom stereocenters. The molecule has 1 aliphatic rings. The largest absolute Gasteiger partial charge is 0.507 e. The molecule has 1 atom stereocenters. The fourth-order valence-electron chi connectivity index (χ4n) is 1.92. The lowest BCUT2D eigenvalue weighted by atomic mass is 10.1. The van der Waals surface area contributed by atoms with E-state index < -0.39 is 0 Å². The van der Waals surface area contributed by atoms with E-state index in [1.165, 1.54) is 6.07 Å². The maximum absolute atomic E-state index is 11.8. The van der Waals surface area contributed by atoms with E-state index in [-0.39, 0.29) is 11.7 Å². The summed E-state index contributed by atoms with van der Waals surface area (Å²) in [7, 11) is 0. The van der Waals surface area contributed by atoms with Gasteiger partial charge in [-0.1, -0.05) is 15.9 Å². The Labute approximate surface area is 109 Å². The summed E-state index contributed by atoms with van der Waals surface area (Å²) in [5.74, 6) is 0.278. The van der Waals surface area contributed by atoms with E-state index in [1.807, 2.05) is 0 Å². The molecule has 1 aromatic rings. The van der Waals surface area contributed by atoms with Crippen LogP contribution in [0.4, 0.5) is 0 Å². The predicted molar refractivity (Wildman–Crippen MR) is 69.1 cm³/mol. The maximum Gasteiger partial charge on any atom is 0.255 e. The highest BCUT2D eigenvalue weighted by Gasteiger charge is 2.17. The van der Waals surface area contributed by atoms with Gasteiger partial charge in [0, 0.05) is 11.0 Å². The van der Waals surface area contributed by atoms with Crippen LogP contribution < -0.4 is 10.6 Å². The first-order valence-corrected chi connectivity index (χ1v) is 6.43. The van der Waals surface area contributed by atoms with Gasteiger partial charge in [-0.05, 0) is 43.6 Å². The van der Waals surface area contributed by atoms with Crippen LogP contribution in [-0.2, 0) is 0 Å². The third-order valence-corrected chi connectivity index (χ3v) is 3.41. The minimum absolute atomic E-state index is 0.00132. The quantitative estimate of drug-likeness (QED) is 0.792. The molecule has 3 N–H and O–H groups in total. The molecule has 0 aromatic heterocycles. The number of phenolic OH excluding ortho intramolecular Hbond substituents is 1. The van der Waals surface area contributed by atoms with Gasteiger partial charge in [-0.25, -0.2) is 0 Å². The summed E-state index contributed by atoms with van der Waals surface area (Å²) in [5.41, 5.74) is 0.319. The topological polar surface area (TPSA) is 61.4 Å². The van der Waals surface area contributed by atoms with Crippen molar-refractivity contribution in [3.8, 4) is 5.75 Å². The number of amides is 1. The standard InChI is InChI=1S/C12H15BrN2O2/c13-9-1-2-10(11(16)5-9)12(17)15-7-8-3-4-14-6-8/h1-2,5,8,14,16H,3-4,6-7H2,(H,15,17). The number of halogens is 1. The molecule has 1 aliphatic heterocycles. The number of hydrogen-bond acceptors (Lipinski definition) is 3. The normalized spacial score (nSPS) is 19.2. The molecule has 5 heteroatoms. The maximum atomic E-state index is 11.8. The molecule has 2 rings (SSSR count). The summed E-state index contributed by atoms with van der Waals surface area (Å²) in [4.78, 5) is 11.8. The molecular weight excluding hydrogens is 284 g/mol. The van der Waals surface area contributed by atoms with Gasteiger partial charge >= 0.3 is 0 Å². The van der Waals surface area contributed by atoms with Crippen LogP contribution in [0, 0.1) is 5.92 Å². The molecule has 1 amide bonds. The molecule has 0 saturated carbocycles. The predicted octanol–water partition coefficient (Wildman–Crippen LogP) is 1.49. The summed E-state index contributed by atoms with van der Waals surface area (Å²) in [6.07, 6.45) is 1.09. The molecule has 0 bridgehead atoms. The van der Waals surface area contributed by atoms with Crippen LogP contribution >= 0.6 is 15.9 Å². The average molecular weight is 299 g/mol. The lowest BCUT2D eigenvalue weighted by Crippen LogP contribution is -2.30. The van der Waals surface area contributed by atoms with Crippen LogP contribution in [0.1, 0.15) is 16.8 Å². The zero-order valence-corrected chi connectivity index (χ0v) is 11.0. The number of phenols is 1. The van der Waals surface area contributed by atoms with E-state index >= 15 is 0 Å². The van der Waals surface area contributed by atoms with E-state index in [2.05, 4.69) is 26.6 Å². The van der Waals surface area contributed by atoms with E-state index in [0.29, 0.717) is 18.0 Å². The number of carbonyl (C=O) groups is 1. The first-order valence-electron chi connectivity index (χ1n) is 5.64. The van der Waals surface area contributed by atoms with E-state index in [0.717, 1.165) is 24.0 Å². The van der Waals surface area contributed by atoms with Crippen LogP contribution in [0.2, 0.25) is 0 Å². The van der Waals surface area contributed by atoms with Gasteiger partial charge in [-0.2, -0.15) is 0 Å². The Kier molecular flexibility index (Phi) is 4.02. The second-order valence-electron chi connectivity index (χ2n) is 4.23. The minimum Gasteiger partial charge on any atom is -0.507 e. The van der Waals surface area contributed by atoms with Gasteiger partial charge < -0.3 is 15.7 Å². The summed E-state index contributed by atoms with van der Waals surface area (Å²) < 4.78 is 0.756. The third kappa shape index (κ3) is 3.20. The third-order valence-electron chi connectivity index (χ3n) is 2.92. The monoisotopic (exact) mass is 298 g/mol. The number of rotatable bonds is 3. The zero-order chi connectivity index (χ0) is 12.3. The number of hydrogen-bond donors (Lipinski definition) is 3. The van der Waals surface area contributed by atoms with Crippen molar-refractivity contribution < 1.29 is 9.90 Å². The van der Waals surface area contributed by atoms with Crippen molar-refractivity contribution in [2.24, 2.45) is 5.92 Å². The van der Waals surface area contributed by atoms with Crippen molar-refractivity contribution in [1.82, 2.24) is 10.6 Å². The van der Waals surface area contributed by atoms with E-state index in [9.17, 15) is 9.90 Å². The van der Waals surface area contributed by atoms with Crippen molar-refractivity contribution in [3.63, 3.8) is 0 Å². The molecular formula is C12H15BrN2O2. The summed E-state index contributed by atoms with van der Waals surface area (Å²) in [6.45, 7) is 2.62. The van der Waals surface area contributed by atoms with Crippen LogP contribution in [-0.4, -0.2) is 30.6 Å². The smallest absolute Gasteiger partial charge is 0.255 e. The summed E-state index contributed by atoms with van der Waals surface area (Å²) in [6, 6.07) is 4.87. The molecule has 17 heavy (non-hydrogen) atoms. The first-order chi connectivity index (χ1) is 8.16. The fourth-order valence-corrected chi connectivity index (χ4v) is 2.27. The van der Waals surface area contributed by atoms with Crippen LogP contribution in [0.25, 0.3) is 0 Å². The highest BCUT2D eigenvalue weighted by molar-refractivity contribution is 9.10. The molecule has 0 radical (unpaired) electrons. The van der Waals surface area contributed by atoms with Gasteiger partial charge in [0.2, 0.25) is 0 Å². The summed E-state index contributed by atoms with van der Waals surface area (Å²) >= 11 is 3.24. The fraction of sp³-hybridized carbons (Fsp3) is 0.417. The molecule has 0 aliphatic carbocycles. The van der Waals surface area contributed by atoms with E-state index in [1.54, 1.807) is 12.1 Å². The summed E-state index contributed by atoms with van der Waals surface area (Å²) in [5, 5.41) is 15.7. The Morgan fingerprint density at radius 2 is 2.41 bits per heavy atom. The van der Waals surface area contributed by atoms with Crippen LogP contribution in [0.15, 0.2) is 22.7 Å². The molecule has 1 saturated heterocycles. The highest BCUT2D eigenvalue weighted by atomic mass is 79.9. The number of aromatic hydroxyl groups is 1. The number of carbonyl (C=O) groups excluding carboxylic acids is 1. The second kappa shape index (κ2) is 5.51. The van der Waals surface area contributed by atoms with Crippen LogP contribution in [0.5, 0.6) is 5.75 Å². The molecule has 0 spiro atoms. The Balaban J connectivity index is 1.94. The Morgan fingerprint density at radius 3 is 3.06 bits per heavy atom. The van der Waals surface area contributed by atoms with Gasteiger partial charge in [-0.3, -0.25) is 4.79 Å². The number of benzene rings is 1. The Morgan fingerprint density at radius 1 is 1.59 bits per heavy atom. The van der Waals surface area contributed by atoms with Gasteiger partial charge in [-0.15, -0.1) is 0 Å². The molecule has 1 heterocycles. The lowest BCUT2D eigenvalue weighted by molar-refractivity contribution is 0.0945. The molecule has 92 valence electrons. The zero-order valence-electron chi connectivity index (χ0n) is 9.37. The second-order valence-corrected chi connectivity index (χ2v) is 5.15. The molecule has 1 aromatic carbocycles. The van der Waals surface area contributed by atoms with Crippen molar-refractivity contribution in [2.45, 2.75) is 6.42 Å². The molecule has 1 fully saturated rings. The van der Waals surface area contributed by atoms with Gasteiger partial charge in [0.15, 0.2) is 0 Å². The minimum atomic E-state index is -0.220. The van der Waals surface area contributed by atoms with E-state index in [4.69, 9.17) is 0 Å². The lowest BCUT2D eigenvalue weighted by Gasteiger charge is -2.10. The average Bonchev–Trinajstić information content (AvgIpc) is 2.78. The number of nitrogens with one attached hydrogen (secondary N) is 2. The highest BCUT2D eigenvalue weighted by Crippen LogP contribution is 2.22.